The largest absolute Gasteiger partial charge is 0.455 e. The van der Waals surface area contributed by atoms with Crippen molar-refractivity contribution in [3.8, 4) is 11.3 Å². The molecule has 0 saturated carbocycles. The molecule has 3 aromatic rings. The average Bonchev–Trinajstić information content (AvgIpc) is 3.35. The third-order valence-electron chi connectivity index (χ3n) is 5.97. The summed E-state index contributed by atoms with van der Waals surface area (Å²) in [7, 11) is 1.50. The first-order valence-electron chi connectivity index (χ1n) is 10.3. The number of benzene rings is 1. The van der Waals surface area contributed by atoms with Gasteiger partial charge in [0.2, 0.25) is 0 Å². The third kappa shape index (κ3) is 3.73. The summed E-state index contributed by atoms with van der Waals surface area (Å²) in [6.45, 7) is 5.84. The van der Waals surface area contributed by atoms with Crippen molar-refractivity contribution in [2.24, 2.45) is 13.0 Å². The van der Waals surface area contributed by atoms with Crippen molar-refractivity contribution < 1.29 is 27.3 Å². The first-order chi connectivity index (χ1) is 15.3. The van der Waals surface area contributed by atoms with Gasteiger partial charge in [0.05, 0.1) is 36.4 Å². The van der Waals surface area contributed by atoms with Gasteiger partial charge in [0.1, 0.15) is 5.52 Å². The van der Waals surface area contributed by atoms with E-state index < -0.39 is 17.5 Å². The highest BCUT2D eigenvalue weighted by molar-refractivity contribution is 6.06. The number of carbonyl (C=O) groups is 1. The number of anilines is 1. The molecule has 2 fully saturated rings. The molecule has 0 bridgehead atoms. The molecule has 0 atom stereocenters. The van der Waals surface area contributed by atoms with Crippen LogP contribution in [0.3, 0.4) is 0 Å². The van der Waals surface area contributed by atoms with Crippen LogP contribution in [0.2, 0.25) is 0 Å². The van der Waals surface area contributed by atoms with Crippen LogP contribution >= 0.6 is 0 Å². The van der Waals surface area contributed by atoms with Crippen molar-refractivity contribution in [3.63, 3.8) is 0 Å². The van der Waals surface area contributed by atoms with Crippen LogP contribution in [-0.2, 0) is 11.8 Å². The van der Waals surface area contributed by atoms with Crippen molar-refractivity contribution in [1.82, 2.24) is 25.0 Å². The van der Waals surface area contributed by atoms with E-state index in [9.17, 15) is 18.0 Å². The number of alkyl halides is 3. The fourth-order valence-electron chi connectivity index (χ4n) is 4.38. The zero-order chi connectivity index (χ0) is 22.5. The summed E-state index contributed by atoms with van der Waals surface area (Å²) < 4.78 is 50.9. The van der Waals surface area contributed by atoms with Gasteiger partial charge < -0.3 is 9.64 Å². The topological polar surface area (TPSA) is 89.5 Å². The zero-order valence-corrected chi connectivity index (χ0v) is 17.3. The van der Waals surface area contributed by atoms with E-state index in [4.69, 9.17) is 9.37 Å². The van der Waals surface area contributed by atoms with E-state index in [0.29, 0.717) is 28.2 Å². The van der Waals surface area contributed by atoms with Crippen molar-refractivity contribution >= 4 is 22.5 Å². The second kappa shape index (κ2) is 7.85. The summed E-state index contributed by atoms with van der Waals surface area (Å²) in [5.74, 6) is -1.47. The Morgan fingerprint density at radius 3 is 2.66 bits per heavy atom. The number of aryl methyl sites for hydroxylation is 1. The van der Waals surface area contributed by atoms with Gasteiger partial charge in [-0.05, 0) is 22.4 Å². The van der Waals surface area contributed by atoms with Crippen LogP contribution in [0.4, 0.5) is 18.9 Å². The molecule has 1 aromatic carbocycles. The van der Waals surface area contributed by atoms with Gasteiger partial charge in [-0.3, -0.25) is 14.4 Å². The molecule has 32 heavy (non-hydrogen) atoms. The van der Waals surface area contributed by atoms with Gasteiger partial charge in [-0.2, -0.15) is 18.3 Å². The number of hydrogen-bond donors (Lipinski definition) is 0. The highest BCUT2D eigenvalue weighted by Crippen LogP contribution is 2.37. The SMILES string of the molecule is Cn1ncc(C(=O)C(F)(F)F)c1-c1cc(N2CC(CN3CCOCC3)C2)c2nonc2c1. The predicted octanol–water partition coefficient (Wildman–Crippen LogP) is 2.14. The van der Waals surface area contributed by atoms with E-state index in [-0.39, 0.29) is 5.69 Å². The summed E-state index contributed by atoms with van der Waals surface area (Å²) >= 11 is 0. The Kier molecular flexibility index (Phi) is 5.13. The smallest absolute Gasteiger partial charge is 0.379 e. The number of hydrogen-bond acceptors (Lipinski definition) is 8. The number of ether oxygens (including phenoxy) is 1. The van der Waals surface area contributed by atoms with E-state index in [1.165, 1.54) is 11.7 Å². The van der Waals surface area contributed by atoms with Crippen LogP contribution in [0.25, 0.3) is 22.3 Å². The Labute approximate surface area is 180 Å². The third-order valence-corrected chi connectivity index (χ3v) is 5.97. The molecule has 2 aromatic heterocycles. The van der Waals surface area contributed by atoms with Crippen LogP contribution in [-0.4, -0.2) is 82.9 Å². The van der Waals surface area contributed by atoms with Crippen LogP contribution in [0, 0.1) is 5.92 Å². The normalized spacial score (nSPS) is 18.3. The lowest BCUT2D eigenvalue weighted by Gasteiger charge is -2.43. The maximum atomic E-state index is 13.1. The number of fused-ring (bicyclic) bond motifs is 1. The molecule has 4 heterocycles. The molecule has 0 aliphatic carbocycles. The average molecular weight is 450 g/mol. The molecule has 2 saturated heterocycles. The van der Waals surface area contributed by atoms with Gasteiger partial charge in [0, 0.05) is 51.3 Å². The quantitative estimate of drug-likeness (QED) is 0.547. The predicted molar refractivity (Wildman–Crippen MR) is 107 cm³/mol. The van der Waals surface area contributed by atoms with Gasteiger partial charge in [-0.1, -0.05) is 0 Å². The highest BCUT2D eigenvalue weighted by atomic mass is 19.4. The van der Waals surface area contributed by atoms with Crippen molar-refractivity contribution in [1.29, 1.82) is 0 Å². The number of Topliss-reactive ketones (excluding diaryl/α,β-unsaturated/α-hetero) is 1. The molecular formula is C20H21F3N6O3. The molecular weight excluding hydrogens is 429 g/mol. The maximum Gasteiger partial charge on any atom is 0.455 e. The summed E-state index contributed by atoms with van der Waals surface area (Å²) in [6.07, 6.45) is -4.05. The number of halogens is 3. The number of rotatable bonds is 5. The molecule has 0 N–H and O–H groups in total. The fraction of sp³-hybridized carbons (Fsp3) is 0.500. The van der Waals surface area contributed by atoms with E-state index in [1.54, 1.807) is 12.1 Å². The van der Waals surface area contributed by atoms with E-state index in [2.05, 4.69) is 25.2 Å². The van der Waals surface area contributed by atoms with Gasteiger partial charge in [-0.25, -0.2) is 4.63 Å². The van der Waals surface area contributed by atoms with Crippen LogP contribution in [0.5, 0.6) is 0 Å². The lowest BCUT2D eigenvalue weighted by Crippen LogP contribution is -2.53. The van der Waals surface area contributed by atoms with Crippen LogP contribution in [0.1, 0.15) is 10.4 Å². The minimum atomic E-state index is -5.00. The van der Waals surface area contributed by atoms with Crippen molar-refractivity contribution in [2.75, 3.05) is 50.8 Å². The summed E-state index contributed by atoms with van der Waals surface area (Å²) in [4.78, 5) is 16.4. The Balaban J connectivity index is 1.44. The summed E-state index contributed by atoms with van der Waals surface area (Å²) in [5, 5.41) is 11.8. The number of morpholine rings is 1. The molecule has 2 aliphatic heterocycles. The molecule has 0 unspecified atom stereocenters. The van der Waals surface area contributed by atoms with E-state index in [0.717, 1.165) is 52.1 Å². The Morgan fingerprint density at radius 1 is 1.19 bits per heavy atom. The maximum absolute atomic E-state index is 13.1. The van der Waals surface area contributed by atoms with Crippen LogP contribution < -0.4 is 4.90 Å². The first-order valence-corrected chi connectivity index (χ1v) is 10.3. The lowest BCUT2D eigenvalue weighted by atomic mass is 9.96. The number of ketones is 1. The number of carbonyl (C=O) groups excluding carboxylic acids is 1. The second-order valence-electron chi connectivity index (χ2n) is 8.17. The Hall–Kier alpha value is -2.99. The monoisotopic (exact) mass is 450 g/mol. The summed E-state index contributed by atoms with van der Waals surface area (Å²) in [6, 6.07) is 3.28. The first kappa shape index (κ1) is 20.9. The Morgan fingerprint density at radius 2 is 1.94 bits per heavy atom. The van der Waals surface area contributed by atoms with Gasteiger partial charge >= 0.3 is 6.18 Å². The van der Waals surface area contributed by atoms with Crippen LogP contribution in [0.15, 0.2) is 23.0 Å². The summed E-state index contributed by atoms with van der Waals surface area (Å²) in [5.41, 5.74) is 1.61. The van der Waals surface area contributed by atoms with E-state index >= 15 is 0 Å². The van der Waals surface area contributed by atoms with Crippen molar-refractivity contribution in [2.45, 2.75) is 6.18 Å². The number of aromatic nitrogens is 4. The molecule has 170 valence electrons. The number of nitrogens with zero attached hydrogens (tertiary/aromatic N) is 6. The molecule has 0 amide bonds. The van der Waals surface area contributed by atoms with Gasteiger partial charge in [-0.15, -0.1) is 0 Å². The highest BCUT2D eigenvalue weighted by Gasteiger charge is 2.42. The Bertz CT molecular complexity index is 1150. The molecule has 0 spiro atoms. The standard InChI is InChI=1S/C20H21F3N6O3/c1-27-18(14(8-24-27)19(30)20(21,22)23)13-6-15-17(26-32-25-15)16(7-13)29-10-12(11-29)9-28-2-4-31-5-3-28/h6-8,12H,2-5,9-11H2,1H3. The zero-order valence-electron chi connectivity index (χ0n) is 17.3. The molecule has 0 radical (unpaired) electrons. The molecule has 12 heteroatoms. The molecule has 2 aliphatic rings. The minimum absolute atomic E-state index is 0.0730. The lowest BCUT2D eigenvalue weighted by molar-refractivity contribution is -0.0884. The second-order valence-corrected chi connectivity index (χ2v) is 8.17. The van der Waals surface area contributed by atoms with Gasteiger partial charge in [0.15, 0.2) is 5.52 Å². The molecule has 9 nitrogen and oxygen atoms in total. The molecule has 5 rings (SSSR count). The van der Waals surface area contributed by atoms with Crippen molar-refractivity contribution in [3.05, 3.63) is 23.9 Å². The van der Waals surface area contributed by atoms with E-state index in [1.807, 2.05) is 0 Å². The minimum Gasteiger partial charge on any atom is -0.379 e. The van der Waals surface area contributed by atoms with Gasteiger partial charge in [0.25, 0.3) is 5.78 Å². The fourth-order valence-corrected chi connectivity index (χ4v) is 4.38.